The molecular formula is C17H20F3N7O. The zero-order valence-corrected chi connectivity index (χ0v) is 15.1. The van der Waals surface area contributed by atoms with Crippen molar-refractivity contribution in [2.45, 2.75) is 6.18 Å². The number of alkyl halides is 3. The van der Waals surface area contributed by atoms with Crippen LogP contribution in [0.5, 0.6) is 0 Å². The van der Waals surface area contributed by atoms with Crippen LogP contribution in [0.3, 0.4) is 0 Å². The molecule has 0 spiro atoms. The van der Waals surface area contributed by atoms with Gasteiger partial charge in [-0.2, -0.15) is 13.2 Å². The Labute approximate surface area is 159 Å². The quantitative estimate of drug-likeness (QED) is 0.774. The molecule has 0 saturated carbocycles. The lowest BCUT2D eigenvalue weighted by atomic mass is 10.3. The van der Waals surface area contributed by atoms with Crippen molar-refractivity contribution in [3.63, 3.8) is 0 Å². The molecule has 0 bridgehead atoms. The van der Waals surface area contributed by atoms with Crippen molar-refractivity contribution in [2.75, 3.05) is 67.2 Å². The topological polar surface area (TPSA) is 70.5 Å². The average molecular weight is 395 g/mol. The number of piperazine rings is 1. The molecule has 28 heavy (non-hydrogen) atoms. The first-order chi connectivity index (χ1) is 13.5. The van der Waals surface area contributed by atoms with E-state index in [0.717, 1.165) is 37.0 Å². The van der Waals surface area contributed by atoms with Crippen molar-refractivity contribution in [3.8, 4) is 0 Å². The summed E-state index contributed by atoms with van der Waals surface area (Å²) >= 11 is 0. The molecule has 2 aliphatic rings. The molecule has 4 heterocycles. The van der Waals surface area contributed by atoms with Gasteiger partial charge in [0.2, 0.25) is 5.95 Å². The summed E-state index contributed by atoms with van der Waals surface area (Å²) in [4.78, 5) is 13.6. The maximum atomic E-state index is 12.8. The van der Waals surface area contributed by atoms with Crippen LogP contribution in [0, 0.1) is 0 Å². The maximum Gasteiger partial charge on any atom is 0.433 e. The Hall–Kier alpha value is -2.69. The summed E-state index contributed by atoms with van der Waals surface area (Å²) in [5.74, 6) is 1.67. The van der Waals surface area contributed by atoms with Gasteiger partial charge in [0.1, 0.15) is 5.69 Å². The van der Waals surface area contributed by atoms with Crippen LogP contribution in [0.15, 0.2) is 24.4 Å². The molecule has 0 radical (unpaired) electrons. The molecule has 0 atom stereocenters. The minimum atomic E-state index is -4.47. The highest BCUT2D eigenvalue weighted by molar-refractivity contribution is 5.47. The molecular weight excluding hydrogens is 375 g/mol. The Morgan fingerprint density at radius 3 is 1.93 bits per heavy atom. The van der Waals surface area contributed by atoms with Crippen LogP contribution in [0.2, 0.25) is 0 Å². The number of ether oxygens (including phenoxy) is 1. The van der Waals surface area contributed by atoms with Gasteiger partial charge in [-0.05, 0) is 18.2 Å². The predicted octanol–water partition coefficient (Wildman–Crippen LogP) is 1.45. The van der Waals surface area contributed by atoms with Gasteiger partial charge in [0, 0.05) is 45.5 Å². The molecule has 0 N–H and O–H groups in total. The normalized spacial score (nSPS) is 18.5. The number of hydrogen-bond acceptors (Lipinski definition) is 8. The Morgan fingerprint density at radius 1 is 0.786 bits per heavy atom. The highest BCUT2D eigenvalue weighted by atomic mass is 19.4. The molecule has 0 aliphatic carbocycles. The van der Waals surface area contributed by atoms with Crippen LogP contribution in [-0.4, -0.2) is 72.6 Å². The monoisotopic (exact) mass is 395 g/mol. The lowest BCUT2D eigenvalue weighted by Gasteiger charge is -2.35. The van der Waals surface area contributed by atoms with Crippen molar-refractivity contribution in [1.82, 2.24) is 20.2 Å². The SMILES string of the molecule is FC(F)(F)c1ccnc(N2CCN(c3ccc(N4CCOCC4)nn3)CC2)n1. The van der Waals surface area contributed by atoms with Crippen LogP contribution in [0.25, 0.3) is 0 Å². The van der Waals surface area contributed by atoms with Crippen LogP contribution < -0.4 is 14.7 Å². The number of halogens is 3. The van der Waals surface area contributed by atoms with Crippen molar-refractivity contribution in [2.24, 2.45) is 0 Å². The van der Waals surface area contributed by atoms with Gasteiger partial charge in [-0.1, -0.05) is 0 Å². The smallest absolute Gasteiger partial charge is 0.378 e. The Morgan fingerprint density at radius 2 is 1.36 bits per heavy atom. The Kier molecular flexibility index (Phi) is 5.16. The predicted molar refractivity (Wildman–Crippen MR) is 96.5 cm³/mol. The molecule has 2 aliphatic heterocycles. The van der Waals surface area contributed by atoms with E-state index in [9.17, 15) is 13.2 Å². The molecule has 0 amide bonds. The summed E-state index contributed by atoms with van der Waals surface area (Å²) in [6.45, 7) is 5.18. The summed E-state index contributed by atoms with van der Waals surface area (Å²) < 4.78 is 43.9. The van der Waals surface area contributed by atoms with Crippen LogP contribution in [0.1, 0.15) is 5.69 Å². The molecule has 2 fully saturated rings. The second-order valence-electron chi connectivity index (χ2n) is 6.56. The largest absolute Gasteiger partial charge is 0.433 e. The number of anilines is 3. The van der Waals surface area contributed by atoms with Gasteiger partial charge < -0.3 is 19.4 Å². The van der Waals surface area contributed by atoms with Crippen molar-refractivity contribution in [1.29, 1.82) is 0 Å². The highest BCUT2D eigenvalue weighted by Gasteiger charge is 2.33. The van der Waals surface area contributed by atoms with E-state index < -0.39 is 11.9 Å². The molecule has 2 aromatic heterocycles. The second-order valence-corrected chi connectivity index (χ2v) is 6.56. The Balaban J connectivity index is 1.37. The first-order valence-corrected chi connectivity index (χ1v) is 9.07. The summed E-state index contributed by atoms with van der Waals surface area (Å²) in [6, 6.07) is 4.75. The first kappa shape index (κ1) is 18.7. The summed E-state index contributed by atoms with van der Waals surface area (Å²) in [7, 11) is 0. The summed E-state index contributed by atoms with van der Waals surface area (Å²) in [5, 5.41) is 8.63. The molecule has 150 valence electrons. The zero-order valence-electron chi connectivity index (χ0n) is 15.1. The zero-order chi connectivity index (χ0) is 19.6. The fourth-order valence-corrected chi connectivity index (χ4v) is 3.24. The minimum Gasteiger partial charge on any atom is -0.378 e. The van der Waals surface area contributed by atoms with Gasteiger partial charge in [0.25, 0.3) is 0 Å². The molecule has 8 nitrogen and oxygen atoms in total. The van der Waals surface area contributed by atoms with E-state index in [0.29, 0.717) is 39.4 Å². The first-order valence-electron chi connectivity index (χ1n) is 9.07. The number of aromatic nitrogens is 4. The van der Waals surface area contributed by atoms with Crippen LogP contribution in [-0.2, 0) is 10.9 Å². The number of hydrogen-bond donors (Lipinski definition) is 0. The van der Waals surface area contributed by atoms with Crippen molar-refractivity contribution >= 4 is 17.6 Å². The van der Waals surface area contributed by atoms with Crippen molar-refractivity contribution in [3.05, 3.63) is 30.1 Å². The molecule has 0 unspecified atom stereocenters. The van der Waals surface area contributed by atoms with E-state index in [1.165, 1.54) is 0 Å². The van der Waals surface area contributed by atoms with Crippen LogP contribution >= 0.6 is 0 Å². The molecule has 2 aromatic rings. The lowest BCUT2D eigenvalue weighted by molar-refractivity contribution is -0.141. The molecule has 2 saturated heterocycles. The lowest BCUT2D eigenvalue weighted by Crippen LogP contribution is -2.47. The second kappa shape index (κ2) is 7.74. The van der Waals surface area contributed by atoms with Gasteiger partial charge in [-0.3, -0.25) is 0 Å². The summed E-state index contributed by atoms with van der Waals surface area (Å²) in [5.41, 5.74) is -0.926. The highest BCUT2D eigenvalue weighted by Crippen LogP contribution is 2.28. The van der Waals surface area contributed by atoms with Crippen molar-refractivity contribution < 1.29 is 17.9 Å². The third-order valence-corrected chi connectivity index (χ3v) is 4.79. The van der Waals surface area contributed by atoms with Gasteiger partial charge in [-0.25, -0.2) is 9.97 Å². The fraction of sp³-hybridized carbons (Fsp3) is 0.529. The van der Waals surface area contributed by atoms with Gasteiger partial charge in [-0.15, -0.1) is 10.2 Å². The van der Waals surface area contributed by atoms with E-state index in [1.807, 2.05) is 12.1 Å². The minimum absolute atomic E-state index is 0.100. The van der Waals surface area contributed by atoms with Gasteiger partial charge in [0.15, 0.2) is 11.6 Å². The van der Waals surface area contributed by atoms with E-state index in [4.69, 9.17) is 4.74 Å². The Bertz CT molecular complexity index is 788. The van der Waals surface area contributed by atoms with E-state index in [-0.39, 0.29) is 5.95 Å². The number of rotatable bonds is 3. The molecule has 11 heteroatoms. The fourth-order valence-electron chi connectivity index (χ4n) is 3.24. The third kappa shape index (κ3) is 4.08. The molecule has 0 aromatic carbocycles. The van der Waals surface area contributed by atoms with Gasteiger partial charge in [0.05, 0.1) is 13.2 Å². The number of nitrogens with zero attached hydrogens (tertiary/aromatic N) is 7. The van der Waals surface area contributed by atoms with Crippen LogP contribution in [0.4, 0.5) is 30.8 Å². The van der Waals surface area contributed by atoms with Gasteiger partial charge >= 0.3 is 6.18 Å². The average Bonchev–Trinajstić information content (AvgIpc) is 2.74. The standard InChI is InChI=1S/C17H20F3N7O/c18-17(19,20)13-3-4-21-16(22-13)27-7-5-25(6-8-27)14-1-2-15(24-23-14)26-9-11-28-12-10-26/h1-4H,5-12H2. The molecule has 4 rings (SSSR count). The van der Waals surface area contributed by atoms with E-state index >= 15 is 0 Å². The third-order valence-electron chi connectivity index (χ3n) is 4.79. The number of morpholine rings is 1. The maximum absolute atomic E-state index is 12.8. The summed E-state index contributed by atoms with van der Waals surface area (Å²) in [6.07, 6.45) is -3.33. The van der Waals surface area contributed by atoms with E-state index in [2.05, 4.69) is 30.0 Å². The van der Waals surface area contributed by atoms with E-state index in [1.54, 1.807) is 4.90 Å².